The molecule has 0 aliphatic carbocycles. The Bertz CT molecular complexity index is 449. The molecule has 0 atom stereocenters. The molecule has 14 heteroatoms. The van der Waals surface area contributed by atoms with E-state index >= 15 is 0 Å². The number of hydrogen-bond donors (Lipinski definition) is 0. The Kier molecular flexibility index (Phi) is 37.3. The molecule has 0 aliphatic rings. The third kappa shape index (κ3) is 83.5. The van der Waals surface area contributed by atoms with Gasteiger partial charge in [0.15, 0.2) is 0 Å². The first kappa shape index (κ1) is 41.9. The summed E-state index contributed by atoms with van der Waals surface area (Å²) in [7, 11) is 0. The number of carboxylic acid groups (broad SMARTS) is 4. The average Bonchev–Trinajstić information content (AvgIpc) is 2.32. The summed E-state index contributed by atoms with van der Waals surface area (Å²) in [5.41, 5.74) is 0. The first-order valence-corrected chi connectivity index (χ1v) is 7.28. The van der Waals surface area contributed by atoms with Crippen molar-refractivity contribution in [3.8, 4) is 0 Å². The minimum Gasteiger partial charge on any atom is -0.550 e. The molecule has 12 nitrogen and oxygen atoms in total. The Balaban J connectivity index is -0.0000000626. The third-order valence-corrected chi connectivity index (χ3v) is 1.57. The first-order chi connectivity index (χ1) is 12.5. The second-order valence-electron chi connectivity index (χ2n) is 5.00. The molecule has 0 fully saturated rings. The number of carbonyl (C=O) groups excluding carboxylic acids is 8. The molecule has 169 valence electrons. The third-order valence-electron chi connectivity index (χ3n) is 1.57. The van der Waals surface area contributed by atoms with E-state index in [4.69, 9.17) is 0 Å². The summed E-state index contributed by atoms with van der Waals surface area (Å²) in [6.45, 7) is 4.82. The summed E-state index contributed by atoms with van der Waals surface area (Å²) < 4.78 is 0. The van der Waals surface area contributed by atoms with Gasteiger partial charge in [-0.2, -0.15) is 0 Å². The molecule has 0 N–H and O–H groups in total. The summed E-state index contributed by atoms with van der Waals surface area (Å²) in [6, 6.07) is 0. The van der Waals surface area contributed by atoms with Crippen molar-refractivity contribution in [2.45, 2.75) is 53.4 Å². The van der Waals surface area contributed by atoms with E-state index in [-0.39, 0.29) is 59.7 Å². The molecule has 0 aromatic heterocycles. The molecule has 0 heterocycles. The summed E-state index contributed by atoms with van der Waals surface area (Å²) in [4.78, 5) is 77.2. The number of hydrogen-bond acceptors (Lipinski definition) is 12. The predicted molar refractivity (Wildman–Crippen MR) is 81.2 cm³/mol. The van der Waals surface area contributed by atoms with Crippen LogP contribution >= 0.6 is 0 Å². The van der Waals surface area contributed by atoms with Crippen LogP contribution in [0.5, 0.6) is 0 Å². The van der Waals surface area contributed by atoms with Crippen molar-refractivity contribution >= 4 is 47.0 Å². The van der Waals surface area contributed by atoms with E-state index in [1.807, 2.05) is 0 Å². The Hall–Kier alpha value is -2.30. The van der Waals surface area contributed by atoms with Crippen molar-refractivity contribution in [3.05, 3.63) is 0 Å². The van der Waals surface area contributed by atoms with E-state index < -0.39 is 49.6 Å². The molecule has 0 bridgehead atoms. The van der Waals surface area contributed by atoms with Crippen LogP contribution in [0.25, 0.3) is 0 Å². The summed E-state index contributed by atoms with van der Waals surface area (Å²) in [5, 5.41) is 37.9. The maximum absolute atomic E-state index is 9.83. The molecule has 0 aromatic rings. The maximum Gasteiger partial charge on any atom is 2.00 e. The zero-order valence-electron chi connectivity index (χ0n) is 16.7. The van der Waals surface area contributed by atoms with Crippen LogP contribution in [0.15, 0.2) is 0 Å². The van der Waals surface area contributed by atoms with Crippen LogP contribution < -0.4 is 20.4 Å². The van der Waals surface area contributed by atoms with Gasteiger partial charge in [-0.25, -0.2) is 0 Å². The van der Waals surface area contributed by atoms with Crippen LogP contribution in [0.4, 0.5) is 0 Å². The minimum absolute atomic E-state index is 0. The molecule has 30 heavy (non-hydrogen) atoms. The van der Waals surface area contributed by atoms with E-state index in [2.05, 4.69) is 0 Å². The standard InChI is InChI=1S/4C4H6O3.Cu.Zn/c4*1-3(5)2-4(6)7;;/h4*2H2,1H3,(H,6,7);;/q;;;;2*+2/p-4. The Morgan fingerprint density at radius 1 is 0.433 bits per heavy atom. The molecular weight excluding hydrogens is 513 g/mol. The number of Topliss-reactive ketones (excluding diaryl/α,β-unsaturated/α-hetero) is 4. The molecule has 0 rings (SSSR count). The number of carbonyl (C=O) groups is 8. The van der Waals surface area contributed by atoms with Crippen LogP contribution in [-0.2, 0) is 74.9 Å². The van der Waals surface area contributed by atoms with Crippen molar-refractivity contribution in [1.82, 2.24) is 0 Å². The van der Waals surface area contributed by atoms with E-state index in [1.54, 1.807) is 0 Å². The zero-order valence-corrected chi connectivity index (χ0v) is 20.6. The van der Waals surface area contributed by atoms with Gasteiger partial charge in [-0.05, 0) is 27.7 Å². The summed E-state index contributed by atoms with van der Waals surface area (Å²) in [6.07, 6.45) is -1.89. The van der Waals surface area contributed by atoms with Crippen LogP contribution in [0.1, 0.15) is 53.4 Å². The van der Waals surface area contributed by atoms with Crippen LogP contribution in [-0.4, -0.2) is 47.0 Å². The van der Waals surface area contributed by atoms with Gasteiger partial charge in [-0.15, -0.1) is 0 Å². The number of rotatable bonds is 8. The van der Waals surface area contributed by atoms with Gasteiger partial charge in [-0.1, -0.05) is 0 Å². The van der Waals surface area contributed by atoms with Crippen LogP contribution in [0, 0.1) is 0 Å². The quantitative estimate of drug-likeness (QED) is 0.211. The Morgan fingerprint density at radius 2 is 0.533 bits per heavy atom. The number of aliphatic carboxylic acids is 4. The molecular formula is C16H20CuO12Zn. The molecule has 0 aliphatic heterocycles. The van der Waals surface area contributed by atoms with Gasteiger partial charge < -0.3 is 39.6 Å². The molecule has 0 aromatic carbocycles. The normalized spacial score (nSPS) is 7.60. The first-order valence-electron chi connectivity index (χ1n) is 7.28. The fourth-order valence-corrected chi connectivity index (χ4v) is 0.813. The van der Waals surface area contributed by atoms with Crippen LogP contribution in [0.3, 0.4) is 0 Å². The monoisotopic (exact) mass is 531 g/mol. The number of carboxylic acids is 4. The smallest absolute Gasteiger partial charge is 0.550 e. The molecule has 0 amide bonds. The number of ketones is 4. The van der Waals surface area contributed by atoms with Gasteiger partial charge in [0.2, 0.25) is 0 Å². The predicted octanol–water partition coefficient (Wildman–Crippen LogP) is -5.14. The van der Waals surface area contributed by atoms with Gasteiger partial charge >= 0.3 is 36.5 Å². The Labute approximate surface area is 195 Å². The summed E-state index contributed by atoms with van der Waals surface area (Å²) >= 11 is 0. The van der Waals surface area contributed by atoms with Crippen LogP contribution in [0.2, 0.25) is 0 Å². The van der Waals surface area contributed by atoms with Gasteiger partial charge in [0.25, 0.3) is 0 Å². The molecule has 0 saturated heterocycles. The van der Waals surface area contributed by atoms with Gasteiger partial charge in [0.05, 0.1) is 0 Å². The minimum atomic E-state index is -1.31. The zero-order chi connectivity index (χ0) is 23.4. The molecule has 0 spiro atoms. The van der Waals surface area contributed by atoms with E-state index in [1.165, 1.54) is 27.7 Å². The van der Waals surface area contributed by atoms with Gasteiger partial charge in [-0.3, -0.25) is 19.2 Å². The average molecular weight is 533 g/mol. The SMILES string of the molecule is CC(=O)CC(=O)[O-].CC(=O)CC(=O)[O-].CC(=O)CC(=O)[O-].CC(=O)CC(=O)[O-].[Cu+2].[Zn+2]. The van der Waals surface area contributed by atoms with Gasteiger partial charge in [0, 0.05) is 49.6 Å². The van der Waals surface area contributed by atoms with Crippen molar-refractivity contribution in [2.75, 3.05) is 0 Å². The van der Waals surface area contributed by atoms with Crippen molar-refractivity contribution in [2.24, 2.45) is 0 Å². The van der Waals surface area contributed by atoms with E-state index in [9.17, 15) is 58.8 Å². The molecule has 0 saturated carbocycles. The van der Waals surface area contributed by atoms with Crippen molar-refractivity contribution in [3.63, 3.8) is 0 Å². The fraction of sp³-hybridized carbons (Fsp3) is 0.500. The van der Waals surface area contributed by atoms with E-state index in [0.717, 1.165) is 0 Å². The molecule has 1 radical (unpaired) electrons. The second-order valence-corrected chi connectivity index (χ2v) is 5.00. The topological polar surface area (TPSA) is 229 Å². The van der Waals surface area contributed by atoms with Gasteiger partial charge in [0.1, 0.15) is 23.1 Å². The molecule has 0 unspecified atom stereocenters. The Morgan fingerprint density at radius 3 is 0.533 bits per heavy atom. The fourth-order valence-electron chi connectivity index (χ4n) is 0.813. The summed E-state index contributed by atoms with van der Waals surface area (Å²) in [5.74, 6) is -6.75. The largest absolute Gasteiger partial charge is 2.00 e. The van der Waals surface area contributed by atoms with Crippen molar-refractivity contribution in [1.29, 1.82) is 0 Å². The van der Waals surface area contributed by atoms with E-state index in [0.29, 0.717) is 0 Å². The maximum atomic E-state index is 9.83. The van der Waals surface area contributed by atoms with Crippen molar-refractivity contribution < 1.29 is 95.3 Å². The second kappa shape index (κ2) is 26.7.